The topological polar surface area (TPSA) is 38.7 Å². The van der Waals surface area contributed by atoms with E-state index in [1.54, 1.807) is 0 Å². The Balaban J connectivity index is 2.15. The Hall–Kier alpha value is -1.30. The van der Waals surface area contributed by atoms with E-state index >= 15 is 0 Å². The molecule has 1 heterocycles. The van der Waals surface area contributed by atoms with Crippen LogP contribution in [-0.4, -0.2) is 24.4 Å². The molecule has 3 nitrogen and oxygen atoms in total. The lowest BCUT2D eigenvalue weighted by Gasteiger charge is -2.47. The molecule has 0 amide bonds. The lowest BCUT2D eigenvalue weighted by Crippen LogP contribution is -2.49. The summed E-state index contributed by atoms with van der Waals surface area (Å²) in [5.41, 5.74) is 1.30. The molecule has 0 radical (unpaired) electrons. The van der Waals surface area contributed by atoms with Crippen LogP contribution in [0.3, 0.4) is 0 Å². The number of hydrogen-bond acceptors (Lipinski definition) is 3. The van der Waals surface area contributed by atoms with Crippen LogP contribution in [-0.2, 0) is 9.47 Å². The van der Waals surface area contributed by atoms with Crippen LogP contribution in [0, 0.1) is 23.0 Å². The van der Waals surface area contributed by atoms with E-state index in [4.69, 9.17) is 9.47 Å². The van der Waals surface area contributed by atoms with E-state index in [-0.39, 0.29) is 18.1 Å². The molecule has 2 rings (SSSR count). The van der Waals surface area contributed by atoms with E-state index in [0.29, 0.717) is 24.5 Å². The number of ether oxygens (including phenoxy) is 2. The molecular formula is C20H28F2O3. The first-order valence-corrected chi connectivity index (χ1v) is 8.75. The number of halogens is 2. The van der Waals surface area contributed by atoms with Crippen molar-refractivity contribution in [1.82, 2.24) is 0 Å². The lowest BCUT2D eigenvalue weighted by atomic mass is 9.70. The minimum Gasteiger partial charge on any atom is -0.396 e. The molecule has 1 aliphatic rings. The van der Waals surface area contributed by atoms with Crippen molar-refractivity contribution in [3.05, 3.63) is 47.5 Å². The maximum absolute atomic E-state index is 13.5. The second-order valence-corrected chi connectivity index (χ2v) is 7.36. The molecule has 0 saturated carbocycles. The zero-order valence-electron chi connectivity index (χ0n) is 15.2. The molecular weight excluding hydrogens is 326 g/mol. The van der Waals surface area contributed by atoms with Gasteiger partial charge in [0.2, 0.25) is 0 Å². The lowest BCUT2D eigenvalue weighted by molar-refractivity contribution is -0.281. The number of aliphatic hydroxyl groups excluding tert-OH is 1. The van der Waals surface area contributed by atoms with Crippen molar-refractivity contribution in [1.29, 1.82) is 0 Å². The Bertz CT molecular complexity index is 605. The van der Waals surface area contributed by atoms with Gasteiger partial charge in [-0.05, 0) is 44.2 Å². The molecule has 1 aromatic rings. The maximum Gasteiger partial charge on any atom is 0.184 e. The molecule has 1 aliphatic heterocycles. The van der Waals surface area contributed by atoms with E-state index in [1.165, 1.54) is 6.07 Å². The van der Waals surface area contributed by atoms with Crippen LogP contribution < -0.4 is 0 Å². The Morgan fingerprint density at radius 3 is 2.72 bits per heavy atom. The predicted octanol–water partition coefficient (Wildman–Crippen LogP) is 4.76. The fourth-order valence-electron chi connectivity index (χ4n) is 3.29. The molecule has 5 heteroatoms. The third-order valence-corrected chi connectivity index (χ3v) is 5.31. The molecule has 1 saturated heterocycles. The summed E-state index contributed by atoms with van der Waals surface area (Å²) in [4.78, 5) is 0. The molecule has 0 bridgehead atoms. The Labute approximate surface area is 148 Å². The van der Waals surface area contributed by atoms with E-state index in [2.05, 4.69) is 20.4 Å². The number of aliphatic hydroxyl groups is 1. The van der Waals surface area contributed by atoms with Gasteiger partial charge in [-0.2, -0.15) is 0 Å². The molecule has 1 N–H and O–H groups in total. The summed E-state index contributed by atoms with van der Waals surface area (Å²) in [5, 5.41) is 9.44. The Morgan fingerprint density at radius 1 is 1.40 bits per heavy atom. The van der Waals surface area contributed by atoms with Crippen LogP contribution in [0.1, 0.15) is 51.9 Å². The number of allylic oxidation sites excluding steroid dienone is 1. The van der Waals surface area contributed by atoms with Crippen molar-refractivity contribution in [2.45, 2.75) is 52.4 Å². The van der Waals surface area contributed by atoms with Gasteiger partial charge >= 0.3 is 0 Å². The minimum atomic E-state index is -0.924. The van der Waals surface area contributed by atoms with Crippen molar-refractivity contribution >= 4 is 0 Å². The summed E-state index contributed by atoms with van der Waals surface area (Å²) in [5.74, 6) is -1.53. The van der Waals surface area contributed by atoms with Crippen molar-refractivity contribution in [3.63, 3.8) is 0 Å². The van der Waals surface area contributed by atoms with Gasteiger partial charge < -0.3 is 14.6 Å². The molecule has 0 aromatic heterocycles. The van der Waals surface area contributed by atoms with Gasteiger partial charge in [-0.3, -0.25) is 0 Å². The van der Waals surface area contributed by atoms with Crippen molar-refractivity contribution < 1.29 is 23.4 Å². The van der Waals surface area contributed by atoms with Crippen LogP contribution in [0.25, 0.3) is 0 Å². The van der Waals surface area contributed by atoms with E-state index < -0.39 is 17.9 Å². The van der Waals surface area contributed by atoms with Crippen molar-refractivity contribution in [3.8, 4) is 0 Å². The van der Waals surface area contributed by atoms with Gasteiger partial charge in [0.1, 0.15) is 0 Å². The molecule has 25 heavy (non-hydrogen) atoms. The van der Waals surface area contributed by atoms with Crippen LogP contribution in [0.2, 0.25) is 0 Å². The highest BCUT2D eigenvalue weighted by Gasteiger charge is 2.45. The van der Waals surface area contributed by atoms with Gasteiger partial charge in [0.15, 0.2) is 17.9 Å². The molecule has 1 aromatic carbocycles. The normalized spacial score (nSPS) is 27.9. The smallest absolute Gasteiger partial charge is 0.184 e. The first kappa shape index (κ1) is 20.0. The van der Waals surface area contributed by atoms with Crippen molar-refractivity contribution in [2.24, 2.45) is 11.3 Å². The second-order valence-electron chi connectivity index (χ2n) is 7.36. The maximum atomic E-state index is 13.5. The first-order valence-electron chi connectivity index (χ1n) is 8.75. The molecule has 2 unspecified atom stereocenters. The SMILES string of the molecule is C=C(C)CCC(C)[C@]1(C)CO[C@@H](c2ccc(F)c(F)c2)OC1CCO. The summed E-state index contributed by atoms with van der Waals surface area (Å²) in [6.45, 7) is 10.6. The van der Waals surface area contributed by atoms with E-state index in [1.807, 2.05) is 6.92 Å². The molecule has 140 valence electrons. The third-order valence-electron chi connectivity index (χ3n) is 5.31. The monoisotopic (exact) mass is 354 g/mol. The quantitative estimate of drug-likeness (QED) is 0.718. The van der Waals surface area contributed by atoms with Gasteiger partial charge in [0, 0.05) is 17.6 Å². The van der Waals surface area contributed by atoms with Crippen molar-refractivity contribution in [2.75, 3.05) is 13.2 Å². The predicted molar refractivity (Wildman–Crippen MR) is 92.9 cm³/mol. The molecule has 0 aliphatic carbocycles. The first-order chi connectivity index (χ1) is 11.8. The summed E-state index contributed by atoms with van der Waals surface area (Å²) < 4.78 is 38.6. The van der Waals surface area contributed by atoms with Gasteiger partial charge in [-0.15, -0.1) is 6.58 Å². The van der Waals surface area contributed by atoms with Crippen LogP contribution in [0.15, 0.2) is 30.4 Å². The van der Waals surface area contributed by atoms with Crippen LogP contribution in [0.5, 0.6) is 0 Å². The summed E-state index contributed by atoms with van der Waals surface area (Å²) in [6.07, 6.45) is 1.36. The average Bonchev–Trinajstić information content (AvgIpc) is 2.57. The van der Waals surface area contributed by atoms with Gasteiger partial charge in [0.05, 0.1) is 12.7 Å². The standard InChI is InChI=1S/C20H28F2O3/c1-13(2)5-6-14(3)20(4)12-24-19(25-18(20)9-10-23)15-7-8-16(21)17(22)11-15/h7-8,11,14,18-19,23H,1,5-6,9-10,12H2,2-4H3/t14?,18?,19-,20+/m1/s1. The van der Waals surface area contributed by atoms with Crippen LogP contribution >= 0.6 is 0 Å². The van der Waals surface area contributed by atoms with Crippen LogP contribution in [0.4, 0.5) is 8.78 Å². The Morgan fingerprint density at radius 2 is 2.12 bits per heavy atom. The zero-order valence-corrected chi connectivity index (χ0v) is 15.2. The highest BCUT2D eigenvalue weighted by Crippen LogP contribution is 2.44. The highest BCUT2D eigenvalue weighted by molar-refractivity contribution is 5.19. The second kappa shape index (κ2) is 8.39. The summed E-state index contributed by atoms with van der Waals surface area (Å²) in [6, 6.07) is 3.64. The summed E-state index contributed by atoms with van der Waals surface area (Å²) >= 11 is 0. The fraction of sp³-hybridized carbons (Fsp3) is 0.600. The van der Waals surface area contributed by atoms with E-state index in [0.717, 1.165) is 30.5 Å². The van der Waals surface area contributed by atoms with Gasteiger partial charge in [0.25, 0.3) is 0 Å². The molecule has 4 atom stereocenters. The molecule has 1 fully saturated rings. The number of benzene rings is 1. The Kier molecular flexibility index (Phi) is 6.72. The molecule has 0 spiro atoms. The van der Waals surface area contributed by atoms with Gasteiger partial charge in [-0.25, -0.2) is 8.78 Å². The third kappa shape index (κ3) is 4.66. The minimum absolute atomic E-state index is 0.00202. The summed E-state index contributed by atoms with van der Waals surface area (Å²) in [7, 11) is 0. The largest absolute Gasteiger partial charge is 0.396 e. The zero-order chi connectivity index (χ0) is 18.6. The van der Waals surface area contributed by atoms with Gasteiger partial charge in [-0.1, -0.05) is 25.5 Å². The average molecular weight is 354 g/mol. The number of hydrogen-bond donors (Lipinski definition) is 1. The number of rotatable bonds is 7. The fourth-order valence-corrected chi connectivity index (χ4v) is 3.29. The highest BCUT2D eigenvalue weighted by atomic mass is 19.2. The van der Waals surface area contributed by atoms with E-state index in [9.17, 15) is 13.9 Å².